The molecule has 0 amide bonds. The van der Waals surface area contributed by atoms with Crippen molar-refractivity contribution in [1.82, 2.24) is 15.0 Å². The van der Waals surface area contributed by atoms with Crippen LogP contribution >= 0.6 is 23.8 Å². The van der Waals surface area contributed by atoms with E-state index < -0.39 is 0 Å². The zero-order valence-electron chi connectivity index (χ0n) is 9.62. The summed E-state index contributed by atoms with van der Waals surface area (Å²) in [5, 5.41) is 11.8. The van der Waals surface area contributed by atoms with Crippen LogP contribution in [0.25, 0.3) is 16.7 Å². The molecular formula is C13H7ClN4S. The predicted molar refractivity (Wildman–Crippen MR) is 78.6 cm³/mol. The number of thiocarbonyl (C=S) groups is 1. The molecule has 0 saturated carbocycles. The van der Waals surface area contributed by atoms with Gasteiger partial charge in [0.15, 0.2) is 0 Å². The van der Waals surface area contributed by atoms with E-state index >= 15 is 0 Å². The van der Waals surface area contributed by atoms with Crippen molar-refractivity contribution in [3.05, 3.63) is 47.5 Å². The Morgan fingerprint density at radius 2 is 1.79 bits per heavy atom. The molecule has 0 bridgehead atoms. The van der Waals surface area contributed by atoms with Crippen LogP contribution in [0.4, 0.5) is 5.69 Å². The van der Waals surface area contributed by atoms with E-state index in [0.717, 1.165) is 16.7 Å². The summed E-state index contributed by atoms with van der Waals surface area (Å²) >= 11 is 10.4. The van der Waals surface area contributed by atoms with E-state index in [1.807, 2.05) is 30.3 Å². The second kappa shape index (κ2) is 4.90. The third kappa shape index (κ3) is 2.39. The van der Waals surface area contributed by atoms with Gasteiger partial charge in [-0.1, -0.05) is 11.6 Å². The molecule has 3 rings (SSSR count). The molecule has 0 atom stereocenters. The van der Waals surface area contributed by atoms with E-state index in [0.29, 0.717) is 10.7 Å². The quantitative estimate of drug-likeness (QED) is 0.531. The molecular weight excluding hydrogens is 280 g/mol. The van der Waals surface area contributed by atoms with Crippen LogP contribution in [0.15, 0.2) is 47.5 Å². The molecule has 3 aromatic rings. The Morgan fingerprint density at radius 1 is 1.05 bits per heavy atom. The van der Waals surface area contributed by atoms with Crippen LogP contribution in [-0.4, -0.2) is 20.2 Å². The summed E-state index contributed by atoms with van der Waals surface area (Å²) in [6.07, 6.45) is 0. The fourth-order valence-electron chi connectivity index (χ4n) is 1.72. The Hall–Kier alpha value is -2.07. The van der Waals surface area contributed by atoms with Crippen LogP contribution in [0.1, 0.15) is 0 Å². The third-order valence-electron chi connectivity index (χ3n) is 2.60. The summed E-state index contributed by atoms with van der Waals surface area (Å²) in [5.74, 6) is 0. The number of hydrogen-bond donors (Lipinski definition) is 0. The van der Waals surface area contributed by atoms with Gasteiger partial charge in [0.25, 0.3) is 0 Å². The monoisotopic (exact) mass is 286 g/mol. The molecule has 2 aromatic carbocycles. The molecule has 0 spiro atoms. The summed E-state index contributed by atoms with van der Waals surface area (Å²) in [4.78, 5) is 5.48. The van der Waals surface area contributed by atoms with Crippen LogP contribution in [0.5, 0.6) is 0 Å². The van der Waals surface area contributed by atoms with Crippen molar-refractivity contribution in [3.8, 4) is 5.69 Å². The highest BCUT2D eigenvalue weighted by molar-refractivity contribution is 7.78. The van der Waals surface area contributed by atoms with Crippen LogP contribution in [0.3, 0.4) is 0 Å². The number of benzene rings is 2. The summed E-state index contributed by atoms with van der Waals surface area (Å²) in [6, 6.07) is 12.8. The average Bonchev–Trinajstić information content (AvgIpc) is 2.83. The molecule has 19 heavy (non-hydrogen) atoms. The van der Waals surface area contributed by atoms with Crippen LogP contribution < -0.4 is 0 Å². The maximum Gasteiger partial charge on any atom is 0.115 e. The normalized spacial score (nSPS) is 10.4. The van der Waals surface area contributed by atoms with Gasteiger partial charge >= 0.3 is 0 Å². The first kappa shape index (κ1) is 12.0. The topological polar surface area (TPSA) is 43.1 Å². The Kier molecular flexibility index (Phi) is 3.09. The smallest absolute Gasteiger partial charge is 0.115 e. The predicted octanol–water partition coefficient (Wildman–Crippen LogP) is 3.81. The fraction of sp³-hybridized carbons (Fsp3) is 0. The fourth-order valence-corrected chi connectivity index (χ4v) is 1.95. The largest absolute Gasteiger partial charge is 0.195 e. The Balaban J connectivity index is 2.10. The number of fused-ring (bicyclic) bond motifs is 1. The molecule has 0 unspecified atom stereocenters. The highest BCUT2D eigenvalue weighted by atomic mass is 35.5. The van der Waals surface area contributed by atoms with Crippen molar-refractivity contribution >= 4 is 45.7 Å². The van der Waals surface area contributed by atoms with Gasteiger partial charge in [-0.3, -0.25) is 0 Å². The highest BCUT2D eigenvalue weighted by Gasteiger charge is 2.05. The van der Waals surface area contributed by atoms with Gasteiger partial charge in [0.2, 0.25) is 0 Å². The SMILES string of the molecule is S=C=Nc1ccc2nn(-c3ccc(Cl)cc3)nc2c1. The van der Waals surface area contributed by atoms with Crippen LogP contribution in [0.2, 0.25) is 5.02 Å². The van der Waals surface area contributed by atoms with Gasteiger partial charge in [-0.15, -0.1) is 10.2 Å². The first-order valence-corrected chi connectivity index (χ1v) is 6.26. The molecule has 0 N–H and O–H groups in total. The lowest BCUT2D eigenvalue weighted by atomic mass is 10.3. The lowest BCUT2D eigenvalue weighted by Crippen LogP contribution is -1.97. The summed E-state index contributed by atoms with van der Waals surface area (Å²) in [7, 11) is 0. The van der Waals surface area contributed by atoms with Crippen LogP contribution in [0, 0.1) is 0 Å². The first-order valence-electron chi connectivity index (χ1n) is 5.47. The average molecular weight is 287 g/mol. The van der Waals surface area contributed by atoms with Crippen molar-refractivity contribution in [2.45, 2.75) is 0 Å². The summed E-state index contributed by atoms with van der Waals surface area (Å²) < 4.78 is 0. The van der Waals surface area contributed by atoms with Crippen molar-refractivity contribution in [1.29, 1.82) is 0 Å². The van der Waals surface area contributed by atoms with Crippen molar-refractivity contribution in [2.24, 2.45) is 4.99 Å². The molecule has 1 heterocycles. The molecule has 0 saturated heterocycles. The van der Waals surface area contributed by atoms with E-state index in [1.165, 1.54) is 0 Å². The second-order valence-corrected chi connectivity index (χ2v) is 4.46. The van der Waals surface area contributed by atoms with Gasteiger partial charge in [0.1, 0.15) is 11.0 Å². The number of isothiocyanates is 1. The number of hydrogen-bond acceptors (Lipinski definition) is 4. The molecule has 0 fully saturated rings. The maximum absolute atomic E-state index is 5.85. The molecule has 0 radical (unpaired) electrons. The number of aliphatic imine (C=N–C) groups is 1. The molecule has 92 valence electrons. The lowest BCUT2D eigenvalue weighted by Gasteiger charge is -1.97. The molecule has 4 nitrogen and oxygen atoms in total. The zero-order chi connectivity index (χ0) is 13.2. The molecule has 0 aliphatic carbocycles. The second-order valence-electron chi connectivity index (χ2n) is 3.84. The lowest BCUT2D eigenvalue weighted by molar-refractivity contribution is 0.766. The van der Waals surface area contributed by atoms with Crippen LogP contribution in [-0.2, 0) is 0 Å². The first-order chi connectivity index (χ1) is 9.26. The number of nitrogens with zero attached hydrogens (tertiary/aromatic N) is 4. The Morgan fingerprint density at radius 3 is 2.53 bits per heavy atom. The van der Waals surface area contributed by atoms with E-state index in [9.17, 15) is 0 Å². The minimum absolute atomic E-state index is 0.679. The zero-order valence-corrected chi connectivity index (χ0v) is 11.2. The van der Waals surface area contributed by atoms with Gasteiger partial charge in [0, 0.05) is 5.02 Å². The highest BCUT2D eigenvalue weighted by Crippen LogP contribution is 2.19. The van der Waals surface area contributed by atoms with E-state index in [4.69, 9.17) is 11.6 Å². The summed E-state index contributed by atoms with van der Waals surface area (Å²) in [5.41, 5.74) is 3.10. The summed E-state index contributed by atoms with van der Waals surface area (Å²) in [6.45, 7) is 0. The minimum atomic E-state index is 0.679. The van der Waals surface area contributed by atoms with E-state index in [1.54, 1.807) is 16.9 Å². The Labute approximate surface area is 119 Å². The maximum atomic E-state index is 5.85. The van der Waals surface area contributed by atoms with Crippen molar-refractivity contribution in [3.63, 3.8) is 0 Å². The molecule has 0 aliphatic heterocycles. The van der Waals surface area contributed by atoms with Gasteiger partial charge in [0.05, 0.1) is 16.5 Å². The van der Waals surface area contributed by atoms with Gasteiger partial charge < -0.3 is 0 Å². The minimum Gasteiger partial charge on any atom is -0.195 e. The molecule has 0 aliphatic rings. The molecule has 1 aromatic heterocycles. The number of aromatic nitrogens is 3. The standard InChI is InChI=1S/C13H7ClN4S/c14-9-1-4-11(5-2-9)18-16-12-6-3-10(15-8-19)7-13(12)17-18/h1-7H. The van der Waals surface area contributed by atoms with Gasteiger partial charge in [-0.2, -0.15) is 9.79 Å². The van der Waals surface area contributed by atoms with E-state index in [2.05, 4.69) is 32.6 Å². The molecule has 6 heteroatoms. The third-order valence-corrected chi connectivity index (χ3v) is 2.94. The van der Waals surface area contributed by atoms with Gasteiger partial charge in [-0.05, 0) is 54.7 Å². The van der Waals surface area contributed by atoms with Crippen molar-refractivity contribution < 1.29 is 0 Å². The number of halogens is 1. The Bertz CT molecular complexity index is 788. The van der Waals surface area contributed by atoms with Gasteiger partial charge in [-0.25, -0.2) is 0 Å². The van der Waals surface area contributed by atoms with E-state index in [-0.39, 0.29) is 0 Å². The van der Waals surface area contributed by atoms with Crippen molar-refractivity contribution in [2.75, 3.05) is 0 Å². The number of rotatable bonds is 2.